The first-order valence-electron chi connectivity index (χ1n) is 7.70. The molecule has 0 aliphatic heterocycles. The van der Waals surface area contributed by atoms with Crippen molar-refractivity contribution in [3.05, 3.63) is 30.6 Å². The van der Waals surface area contributed by atoms with Crippen molar-refractivity contribution in [2.24, 2.45) is 17.8 Å². The molecule has 3 atom stereocenters. The third kappa shape index (κ3) is 5.31. The van der Waals surface area contributed by atoms with Crippen LogP contribution in [0.3, 0.4) is 0 Å². The summed E-state index contributed by atoms with van der Waals surface area (Å²) in [5, 5.41) is 0. The van der Waals surface area contributed by atoms with Gasteiger partial charge < -0.3 is 4.74 Å². The lowest BCUT2D eigenvalue weighted by molar-refractivity contribution is -0.686. The molecule has 0 radical (unpaired) electrons. The molecule has 1 saturated carbocycles. The van der Waals surface area contributed by atoms with Crippen LogP contribution in [-0.2, 0) is 16.1 Å². The van der Waals surface area contributed by atoms with Crippen LogP contribution in [0.2, 0.25) is 0 Å². The molecule has 1 aliphatic rings. The second kappa shape index (κ2) is 8.38. The van der Waals surface area contributed by atoms with E-state index in [-0.39, 0.29) is 24.5 Å². The van der Waals surface area contributed by atoms with Gasteiger partial charge in [0.15, 0.2) is 12.4 Å². The molecule has 1 fully saturated rings. The van der Waals surface area contributed by atoms with Crippen molar-refractivity contribution in [1.82, 2.24) is 0 Å². The highest BCUT2D eigenvalue weighted by molar-refractivity contribution is 5.85. The first kappa shape index (κ1) is 18.0. The van der Waals surface area contributed by atoms with Crippen molar-refractivity contribution in [3.63, 3.8) is 0 Å². The van der Waals surface area contributed by atoms with E-state index in [1.807, 2.05) is 35.2 Å². The molecular formula is C17H27ClNO2+. The largest absolute Gasteiger partial charge is 0.457 e. The van der Waals surface area contributed by atoms with Crippen LogP contribution in [0.4, 0.5) is 0 Å². The number of ether oxygens (including phenoxy) is 1. The van der Waals surface area contributed by atoms with Crippen molar-refractivity contribution >= 4 is 18.4 Å². The minimum Gasteiger partial charge on any atom is -0.457 e. The Morgan fingerprint density at radius 2 is 1.90 bits per heavy atom. The standard InChI is InChI=1S/C17H26NO2.ClH/c1-13(2)15-8-7-14(3)11-16(15)20-17(19)12-18-9-5-4-6-10-18;/h4-6,9-10,13-16H,7-8,11-12H2,1-3H3;1H/q+1;. The smallest absolute Gasteiger partial charge is 0.372 e. The van der Waals surface area contributed by atoms with Crippen LogP contribution in [0.1, 0.15) is 40.0 Å². The second-order valence-electron chi connectivity index (χ2n) is 6.40. The molecule has 1 aliphatic carbocycles. The summed E-state index contributed by atoms with van der Waals surface area (Å²) in [6.07, 6.45) is 7.32. The third-order valence-electron chi connectivity index (χ3n) is 4.33. The Kier molecular flexibility index (Phi) is 7.16. The van der Waals surface area contributed by atoms with Crippen LogP contribution >= 0.6 is 12.4 Å². The van der Waals surface area contributed by atoms with E-state index in [1.165, 1.54) is 12.8 Å². The Labute approximate surface area is 134 Å². The number of carbonyl (C=O) groups is 1. The molecule has 1 heterocycles. The highest BCUT2D eigenvalue weighted by Gasteiger charge is 2.33. The van der Waals surface area contributed by atoms with E-state index in [0.29, 0.717) is 24.3 Å². The number of nitrogens with zero attached hydrogens (tertiary/aromatic N) is 1. The maximum Gasteiger partial charge on any atom is 0.372 e. The van der Waals surface area contributed by atoms with Crippen LogP contribution in [0.25, 0.3) is 0 Å². The van der Waals surface area contributed by atoms with Crippen molar-refractivity contribution in [1.29, 1.82) is 0 Å². The molecule has 0 spiro atoms. The van der Waals surface area contributed by atoms with Crippen LogP contribution in [0.15, 0.2) is 30.6 Å². The highest BCUT2D eigenvalue weighted by Crippen LogP contribution is 2.35. The fraction of sp³-hybridized carbons (Fsp3) is 0.647. The van der Waals surface area contributed by atoms with E-state index >= 15 is 0 Å². The van der Waals surface area contributed by atoms with E-state index in [2.05, 4.69) is 20.8 Å². The van der Waals surface area contributed by atoms with Gasteiger partial charge in [0.2, 0.25) is 6.54 Å². The lowest BCUT2D eigenvalue weighted by atomic mass is 9.75. The maximum absolute atomic E-state index is 12.1. The zero-order valence-corrected chi connectivity index (χ0v) is 14.0. The lowest BCUT2D eigenvalue weighted by Gasteiger charge is -2.36. The average Bonchev–Trinajstić information content (AvgIpc) is 2.39. The maximum atomic E-state index is 12.1. The molecule has 1 aromatic rings. The minimum absolute atomic E-state index is 0. The number of carbonyl (C=O) groups excluding carboxylic acids is 1. The summed E-state index contributed by atoms with van der Waals surface area (Å²) in [6.45, 7) is 7.01. The van der Waals surface area contributed by atoms with Gasteiger partial charge >= 0.3 is 5.97 Å². The van der Waals surface area contributed by atoms with Crippen molar-refractivity contribution in [2.45, 2.75) is 52.7 Å². The summed E-state index contributed by atoms with van der Waals surface area (Å²) in [4.78, 5) is 12.1. The van der Waals surface area contributed by atoms with Gasteiger partial charge in [0.05, 0.1) is 0 Å². The Bertz CT molecular complexity index is 436. The number of rotatable bonds is 4. The molecule has 4 heteroatoms. The lowest BCUT2D eigenvalue weighted by Crippen LogP contribution is -2.42. The summed E-state index contributed by atoms with van der Waals surface area (Å²) in [7, 11) is 0. The van der Waals surface area contributed by atoms with E-state index in [0.717, 1.165) is 6.42 Å². The number of hydrogen-bond acceptors (Lipinski definition) is 2. The first-order valence-corrected chi connectivity index (χ1v) is 7.70. The highest BCUT2D eigenvalue weighted by atomic mass is 35.5. The number of aromatic nitrogens is 1. The van der Waals surface area contributed by atoms with Crippen LogP contribution < -0.4 is 4.57 Å². The van der Waals surface area contributed by atoms with Gasteiger partial charge in [0, 0.05) is 12.1 Å². The summed E-state index contributed by atoms with van der Waals surface area (Å²) in [6, 6.07) is 5.79. The molecule has 1 aromatic heterocycles. The summed E-state index contributed by atoms with van der Waals surface area (Å²) >= 11 is 0. The van der Waals surface area contributed by atoms with Gasteiger partial charge in [-0.25, -0.2) is 4.79 Å². The average molecular weight is 313 g/mol. The number of pyridine rings is 1. The zero-order chi connectivity index (χ0) is 14.5. The van der Waals surface area contributed by atoms with Gasteiger partial charge in [-0.2, -0.15) is 4.57 Å². The monoisotopic (exact) mass is 312 g/mol. The van der Waals surface area contributed by atoms with Crippen LogP contribution in [-0.4, -0.2) is 12.1 Å². The quantitative estimate of drug-likeness (QED) is 0.630. The van der Waals surface area contributed by atoms with Gasteiger partial charge in [0.1, 0.15) is 6.10 Å². The minimum atomic E-state index is -0.119. The molecule has 21 heavy (non-hydrogen) atoms. The van der Waals surface area contributed by atoms with Gasteiger partial charge in [-0.1, -0.05) is 33.3 Å². The van der Waals surface area contributed by atoms with Crippen LogP contribution in [0, 0.1) is 17.8 Å². The van der Waals surface area contributed by atoms with Crippen LogP contribution in [0.5, 0.6) is 0 Å². The zero-order valence-electron chi connectivity index (χ0n) is 13.2. The molecule has 0 amide bonds. The van der Waals surface area contributed by atoms with E-state index in [1.54, 1.807) is 0 Å². The van der Waals surface area contributed by atoms with E-state index in [9.17, 15) is 4.79 Å². The Balaban J connectivity index is 0.00000220. The number of esters is 1. The van der Waals surface area contributed by atoms with Gasteiger partial charge in [-0.15, -0.1) is 12.4 Å². The number of halogens is 1. The van der Waals surface area contributed by atoms with E-state index in [4.69, 9.17) is 4.74 Å². The second-order valence-corrected chi connectivity index (χ2v) is 6.40. The molecule has 3 nitrogen and oxygen atoms in total. The Morgan fingerprint density at radius 1 is 1.24 bits per heavy atom. The predicted molar refractivity (Wildman–Crippen MR) is 85.1 cm³/mol. The normalized spacial score (nSPS) is 25.2. The van der Waals surface area contributed by atoms with Crippen molar-refractivity contribution in [2.75, 3.05) is 0 Å². The molecule has 0 bridgehead atoms. The van der Waals surface area contributed by atoms with Gasteiger partial charge in [-0.3, -0.25) is 0 Å². The Morgan fingerprint density at radius 3 is 2.52 bits per heavy atom. The molecule has 0 aromatic carbocycles. The Hall–Kier alpha value is -1.09. The van der Waals surface area contributed by atoms with Gasteiger partial charge in [0.25, 0.3) is 0 Å². The summed E-state index contributed by atoms with van der Waals surface area (Å²) in [5.41, 5.74) is 0. The third-order valence-corrected chi connectivity index (χ3v) is 4.33. The molecule has 118 valence electrons. The SMILES string of the molecule is CC1CCC(C(C)C)C(OC(=O)C[n+]2ccccc2)C1.Cl. The van der Waals surface area contributed by atoms with Crippen molar-refractivity contribution < 1.29 is 14.1 Å². The number of hydrogen-bond donors (Lipinski definition) is 0. The molecule has 0 saturated heterocycles. The molecular weight excluding hydrogens is 286 g/mol. The molecule has 2 rings (SSSR count). The molecule has 0 N–H and O–H groups in total. The molecule has 3 unspecified atom stereocenters. The topological polar surface area (TPSA) is 30.2 Å². The van der Waals surface area contributed by atoms with E-state index < -0.39 is 0 Å². The van der Waals surface area contributed by atoms with Gasteiger partial charge in [-0.05, 0) is 30.6 Å². The fourth-order valence-electron chi connectivity index (χ4n) is 3.15. The summed E-state index contributed by atoms with van der Waals surface area (Å²) < 4.78 is 7.64. The summed E-state index contributed by atoms with van der Waals surface area (Å²) in [5.74, 6) is 1.62. The van der Waals surface area contributed by atoms with Crippen molar-refractivity contribution in [3.8, 4) is 0 Å². The fourth-order valence-corrected chi connectivity index (χ4v) is 3.15. The predicted octanol–water partition coefficient (Wildman–Crippen LogP) is 3.40. The first-order chi connectivity index (χ1) is 9.56.